The lowest BCUT2D eigenvalue weighted by molar-refractivity contribution is 0.393. The van der Waals surface area contributed by atoms with Gasteiger partial charge in [0.05, 0.1) is 37.6 Å². The minimum Gasteiger partial charge on any atom is -0.497 e. The molecule has 1 aliphatic heterocycles. The van der Waals surface area contributed by atoms with Crippen LogP contribution < -0.4 is 19.8 Å². The van der Waals surface area contributed by atoms with Gasteiger partial charge in [-0.2, -0.15) is 0 Å². The van der Waals surface area contributed by atoms with Crippen molar-refractivity contribution in [1.82, 2.24) is 9.55 Å². The van der Waals surface area contributed by atoms with E-state index in [-0.39, 0.29) is 5.56 Å². The molecule has 162 valence electrons. The van der Waals surface area contributed by atoms with Gasteiger partial charge in [0.25, 0.3) is 5.56 Å². The number of aromatic nitrogens is 2. The van der Waals surface area contributed by atoms with E-state index in [1.807, 2.05) is 42.5 Å². The fraction of sp³-hybridized carbons (Fsp3) is 0.304. The van der Waals surface area contributed by atoms with E-state index in [2.05, 4.69) is 6.92 Å². The molecular weight excluding hydrogens is 432 g/mol. The van der Waals surface area contributed by atoms with Gasteiger partial charge in [-0.05, 0) is 42.0 Å². The Bertz CT molecular complexity index is 1120. The first kappa shape index (κ1) is 21.6. The maximum atomic E-state index is 13.4. The Morgan fingerprint density at radius 2 is 1.68 bits per heavy atom. The molecule has 0 aliphatic carbocycles. The van der Waals surface area contributed by atoms with Crippen LogP contribution in [0.15, 0.2) is 57.3 Å². The van der Waals surface area contributed by atoms with E-state index in [0.717, 1.165) is 45.5 Å². The fourth-order valence-electron chi connectivity index (χ4n) is 3.45. The van der Waals surface area contributed by atoms with E-state index in [1.165, 1.54) is 11.8 Å². The third-order valence-electron chi connectivity index (χ3n) is 4.99. The van der Waals surface area contributed by atoms with Gasteiger partial charge in [0.15, 0.2) is 5.16 Å². The highest BCUT2D eigenvalue weighted by atomic mass is 32.2. The molecule has 2 heterocycles. The lowest BCUT2D eigenvalue weighted by Gasteiger charge is -2.14. The second-order valence-corrected chi connectivity index (χ2v) is 9.54. The molecule has 6 nitrogen and oxygen atoms in total. The molecule has 4 rings (SSSR count). The first-order valence-corrected chi connectivity index (χ1v) is 11.7. The third kappa shape index (κ3) is 4.55. The van der Waals surface area contributed by atoms with E-state index in [4.69, 9.17) is 19.2 Å². The monoisotopic (exact) mass is 456 g/mol. The summed E-state index contributed by atoms with van der Waals surface area (Å²) in [6.45, 7) is 2.12. The second-order valence-electron chi connectivity index (χ2n) is 7.15. The number of hydrogen-bond acceptors (Lipinski definition) is 7. The molecule has 1 unspecified atom stereocenters. The molecule has 2 aromatic carbocycles. The Kier molecular flexibility index (Phi) is 6.48. The van der Waals surface area contributed by atoms with Crippen molar-refractivity contribution in [3.63, 3.8) is 0 Å². The summed E-state index contributed by atoms with van der Waals surface area (Å²) in [5.41, 5.74) is 2.67. The number of rotatable bonds is 7. The summed E-state index contributed by atoms with van der Waals surface area (Å²) < 4.78 is 17.7. The standard InChI is InChI=1S/C23H24N2O4S2/c1-14-9-20-21(31-14)22(26)25(16-5-7-17(27-2)8-6-16)23(24-20)30-13-15-10-18(28-3)12-19(11-15)29-4/h5-8,10-12,14H,9,13H2,1-4H3. The number of benzene rings is 2. The normalized spacial score (nSPS) is 14.9. The average Bonchev–Trinajstić information content (AvgIpc) is 3.18. The van der Waals surface area contributed by atoms with Crippen LogP contribution in [0.3, 0.4) is 0 Å². The first-order valence-electron chi connectivity index (χ1n) is 9.84. The van der Waals surface area contributed by atoms with Gasteiger partial charge in [-0.25, -0.2) is 4.98 Å². The van der Waals surface area contributed by atoms with Crippen LogP contribution in [0.1, 0.15) is 18.2 Å². The van der Waals surface area contributed by atoms with Gasteiger partial charge in [0, 0.05) is 23.5 Å². The molecule has 0 bridgehead atoms. The van der Waals surface area contributed by atoms with Crippen LogP contribution in [0.4, 0.5) is 0 Å². The highest BCUT2D eigenvalue weighted by Crippen LogP contribution is 2.36. The lowest BCUT2D eigenvalue weighted by atomic mass is 10.2. The third-order valence-corrected chi connectivity index (χ3v) is 7.22. The second kappa shape index (κ2) is 9.28. The Balaban J connectivity index is 1.73. The van der Waals surface area contributed by atoms with Crippen molar-refractivity contribution in [2.75, 3.05) is 21.3 Å². The van der Waals surface area contributed by atoms with Gasteiger partial charge in [-0.1, -0.05) is 18.7 Å². The SMILES string of the molecule is COc1ccc(-n2c(SCc3cc(OC)cc(OC)c3)nc3c(c2=O)SC(C)C3)cc1. The van der Waals surface area contributed by atoms with Crippen LogP contribution in [-0.2, 0) is 12.2 Å². The summed E-state index contributed by atoms with van der Waals surface area (Å²) in [6.07, 6.45) is 0.805. The van der Waals surface area contributed by atoms with E-state index >= 15 is 0 Å². The first-order chi connectivity index (χ1) is 15.0. The number of ether oxygens (including phenoxy) is 3. The van der Waals surface area contributed by atoms with Crippen LogP contribution in [0.5, 0.6) is 17.2 Å². The molecule has 0 saturated carbocycles. The van der Waals surface area contributed by atoms with Crippen LogP contribution in [-0.4, -0.2) is 36.1 Å². The Morgan fingerprint density at radius 3 is 2.29 bits per heavy atom. The molecule has 31 heavy (non-hydrogen) atoms. The molecule has 1 aliphatic rings. The quantitative estimate of drug-likeness (QED) is 0.381. The number of nitrogens with zero attached hydrogens (tertiary/aromatic N) is 2. The molecule has 3 aromatic rings. The molecular formula is C23H24N2O4S2. The van der Waals surface area contributed by atoms with Crippen molar-refractivity contribution in [3.05, 3.63) is 64.1 Å². The average molecular weight is 457 g/mol. The summed E-state index contributed by atoms with van der Waals surface area (Å²) >= 11 is 3.13. The fourth-order valence-corrected chi connectivity index (χ4v) is 5.51. The van der Waals surface area contributed by atoms with Gasteiger partial charge >= 0.3 is 0 Å². The summed E-state index contributed by atoms with van der Waals surface area (Å²) in [5.74, 6) is 2.83. The zero-order valence-electron chi connectivity index (χ0n) is 17.9. The van der Waals surface area contributed by atoms with E-state index < -0.39 is 0 Å². The van der Waals surface area contributed by atoms with Crippen molar-refractivity contribution < 1.29 is 14.2 Å². The molecule has 0 N–H and O–H groups in total. The largest absolute Gasteiger partial charge is 0.497 e. The van der Waals surface area contributed by atoms with Crippen LogP contribution in [0.25, 0.3) is 5.69 Å². The van der Waals surface area contributed by atoms with Gasteiger partial charge in [0.2, 0.25) is 0 Å². The Hall–Kier alpha value is -2.58. The van der Waals surface area contributed by atoms with Crippen LogP contribution in [0.2, 0.25) is 0 Å². The molecule has 0 spiro atoms. The Morgan fingerprint density at radius 1 is 1.03 bits per heavy atom. The predicted molar refractivity (Wildman–Crippen MR) is 125 cm³/mol. The molecule has 0 saturated heterocycles. The minimum absolute atomic E-state index is 0.0183. The van der Waals surface area contributed by atoms with Crippen LogP contribution >= 0.6 is 23.5 Å². The maximum Gasteiger partial charge on any atom is 0.272 e. The molecule has 0 fully saturated rings. The summed E-state index contributed by atoms with van der Waals surface area (Å²) in [7, 11) is 4.89. The Labute approximate surface area is 189 Å². The number of fused-ring (bicyclic) bond motifs is 1. The van der Waals surface area contributed by atoms with Crippen molar-refractivity contribution in [3.8, 4) is 22.9 Å². The van der Waals surface area contributed by atoms with Gasteiger partial charge in [-0.3, -0.25) is 9.36 Å². The zero-order chi connectivity index (χ0) is 22.0. The predicted octanol–water partition coefficient (Wildman–Crippen LogP) is 4.59. The summed E-state index contributed by atoms with van der Waals surface area (Å²) in [4.78, 5) is 19.1. The van der Waals surface area contributed by atoms with Gasteiger partial charge in [-0.15, -0.1) is 11.8 Å². The molecule has 0 radical (unpaired) electrons. The molecule has 1 aromatic heterocycles. The van der Waals surface area contributed by atoms with Crippen LogP contribution in [0, 0.1) is 0 Å². The molecule has 1 atom stereocenters. The summed E-state index contributed by atoms with van der Waals surface area (Å²) in [6, 6.07) is 13.3. The number of thioether (sulfide) groups is 2. The van der Waals surface area contributed by atoms with Crippen molar-refractivity contribution in [1.29, 1.82) is 0 Å². The lowest BCUT2D eigenvalue weighted by Crippen LogP contribution is -2.23. The maximum absolute atomic E-state index is 13.4. The topological polar surface area (TPSA) is 62.6 Å². The van der Waals surface area contributed by atoms with Crippen molar-refractivity contribution in [2.24, 2.45) is 0 Å². The van der Waals surface area contributed by atoms with Gasteiger partial charge in [0.1, 0.15) is 17.2 Å². The molecule has 0 amide bonds. The van der Waals surface area contributed by atoms with Crippen molar-refractivity contribution >= 4 is 23.5 Å². The van der Waals surface area contributed by atoms with E-state index in [9.17, 15) is 4.79 Å². The number of methoxy groups -OCH3 is 3. The van der Waals surface area contributed by atoms with E-state index in [0.29, 0.717) is 16.2 Å². The minimum atomic E-state index is -0.0183. The highest BCUT2D eigenvalue weighted by Gasteiger charge is 2.27. The van der Waals surface area contributed by atoms with Gasteiger partial charge < -0.3 is 14.2 Å². The van der Waals surface area contributed by atoms with Crippen molar-refractivity contribution in [2.45, 2.75) is 34.4 Å². The smallest absolute Gasteiger partial charge is 0.272 e. The van der Waals surface area contributed by atoms with E-state index in [1.54, 1.807) is 37.7 Å². The summed E-state index contributed by atoms with van der Waals surface area (Å²) in [5, 5.41) is 1.02. The highest BCUT2D eigenvalue weighted by molar-refractivity contribution is 8.00. The zero-order valence-corrected chi connectivity index (χ0v) is 19.5. The number of hydrogen-bond donors (Lipinski definition) is 0. The molecule has 8 heteroatoms.